The van der Waals surface area contributed by atoms with Gasteiger partial charge in [-0.3, -0.25) is 0 Å². The van der Waals surface area contributed by atoms with Gasteiger partial charge in [0, 0.05) is 36.6 Å². The number of esters is 2. The van der Waals surface area contributed by atoms with Crippen molar-refractivity contribution in [3.63, 3.8) is 0 Å². The van der Waals surface area contributed by atoms with Gasteiger partial charge >= 0.3 is 11.9 Å². The van der Waals surface area contributed by atoms with E-state index in [2.05, 4.69) is 70.2 Å². The minimum absolute atomic E-state index is 0. The Hall–Kier alpha value is -3.98. The number of hydrogen-bond acceptors (Lipinski definition) is 6. The molecule has 9 heteroatoms. The topological polar surface area (TPSA) is 101 Å². The number of hydrogen-bond donors (Lipinski definition) is 2. The number of anilines is 3. The number of aromatic nitrogens is 2. The number of carbonyl (C=O) groups excluding carboxylic acids is 2. The second kappa shape index (κ2) is 18.4. The Morgan fingerprint density at radius 1 is 0.780 bits per heavy atom. The van der Waals surface area contributed by atoms with Crippen molar-refractivity contribution in [1.82, 2.24) is 9.13 Å². The maximum absolute atomic E-state index is 11.5. The van der Waals surface area contributed by atoms with Crippen molar-refractivity contribution in [2.75, 3.05) is 25.3 Å². The molecule has 8 nitrogen and oxygen atoms in total. The Morgan fingerprint density at radius 2 is 1.29 bits per heavy atom. The second-order valence-corrected chi connectivity index (χ2v) is 9.56. The third-order valence-electron chi connectivity index (χ3n) is 5.74. The van der Waals surface area contributed by atoms with Crippen molar-refractivity contribution in [1.29, 1.82) is 0 Å². The Bertz CT molecular complexity index is 1380. The Morgan fingerprint density at radius 3 is 1.76 bits per heavy atom. The lowest BCUT2D eigenvalue weighted by Gasteiger charge is -2.05. The van der Waals surface area contributed by atoms with E-state index < -0.39 is 0 Å². The number of benzene rings is 2. The molecule has 4 rings (SSSR count). The molecule has 0 spiro atoms. The Labute approximate surface area is 253 Å². The highest BCUT2D eigenvalue weighted by Gasteiger charge is 2.12. The highest BCUT2D eigenvalue weighted by Crippen LogP contribution is 2.20. The lowest BCUT2D eigenvalue weighted by molar-refractivity contribution is 0.0581. The maximum Gasteiger partial charge on any atom is 0.354 e. The third kappa shape index (κ3) is 11.6. The fourth-order valence-electron chi connectivity index (χ4n) is 3.63. The average Bonchev–Trinajstić information content (AvgIpc) is 3.48. The Balaban J connectivity index is 0.000000623. The van der Waals surface area contributed by atoms with Crippen molar-refractivity contribution in [2.45, 2.75) is 41.5 Å². The quantitative estimate of drug-likeness (QED) is 0.211. The van der Waals surface area contributed by atoms with Gasteiger partial charge in [-0.15, -0.1) is 0 Å². The van der Waals surface area contributed by atoms with Crippen LogP contribution in [-0.2, 0) is 36.4 Å². The van der Waals surface area contributed by atoms with Crippen molar-refractivity contribution in [2.24, 2.45) is 14.1 Å². The molecule has 0 aliphatic rings. The van der Waals surface area contributed by atoms with Crippen LogP contribution in [0.15, 0.2) is 77.5 Å². The number of carbonyl (C=O) groups is 2. The molecule has 0 aliphatic heterocycles. The molecule has 0 bridgehead atoms. The van der Waals surface area contributed by atoms with Gasteiger partial charge in [0.25, 0.3) is 0 Å². The summed E-state index contributed by atoms with van der Waals surface area (Å²) < 4.78 is 13.8. The van der Waals surface area contributed by atoms with Gasteiger partial charge in [0.1, 0.15) is 11.4 Å². The van der Waals surface area contributed by atoms with E-state index in [0.29, 0.717) is 17.1 Å². The van der Waals surface area contributed by atoms with E-state index in [4.69, 9.17) is 10.5 Å². The van der Waals surface area contributed by atoms with Crippen LogP contribution in [0.3, 0.4) is 0 Å². The SMILES string of the molecule is C.C.CCc1cccc(Br)c1.CCc1cccc(Nc2cc(C(=O)OC)n(C)c2)c1.COC(=O)c1cc(N)cn1C. The molecule has 0 aliphatic carbocycles. The first-order valence-electron chi connectivity index (χ1n) is 12.5. The van der Waals surface area contributed by atoms with Crippen LogP contribution in [0, 0.1) is 0 Å². The molecule has 0 atom stereocenters. The van der Waals surface area contributed by atoms with E-state index in [1.165, 1.54) is 29.8 Å². The van der Waals surface area contributed by atoms with Crippen LogP contribution in [-0.4, -0.2) is 35.3 Å². The molecule has 41 heavy (non-hydrogen) atoms. The van der Waals surface area contributed by atoms with Gasteiger partial charge in [0.05, 0.1) is 25.6 Å². The zero-order valence-corrected chi connectivity index (χ0v) is 24.9. The lowest BCUT2D eigenvalue weighted by Crippen LogP contribution is -2.06. The van der Waals surface area contributed by atoms with Crippen LogP contribution in [0.4, 0.5) is 17.1 Å². The molecular formula is C32H45BrN4O4. The predicted octanol–water partition coefficient (Wildman–Crippen LogP) is 7.80. The molecule has 3 N–H and O–H groups in total. The van der Waals surface area contributed by atoms with Crippen molar-refractivity contribution in [3.05, 3.63) is 100 Å². The summed E-state index contributed by atoms with van der Waals surface area (Å²) in [5.41, 5.74) is 11.5. The summed E-state index contributed by atoms with van der Waals surface area (Å²) in [4.78, 5) is 22.5. The van der Waals surface area contributed by atoms with E-state index >= 15 is 0 Å². The van der Waals surface area contributed by atoms with Crippen LogP contribution in [0.5, 0.6) is 0 Å². The predicted molar refractivity (Wildman–Crippen MR) is 174 cm³/mol. The van der Waals surface area contributed by atoms with E-state index in [1.807, 2.05) is 31.4 Å². The molecule has 0 radical (unpaired) electrons. The molecule has 2 heterocycles. The van der Waals surface area contributed by atoms with Crippen molar-refractivity contribution in [3.8, 4) is 0 Å². The molecule has 0 fully saturated rings. The highest BCUT2D eigenvalue weighted by atomic mass is 79.9. The van der Waals surface area contributed by atoms with Gasteiger partial charge < -0.3 is 29.7 Å². The van der Waals surface area contributed by atoms with Crippen LogP contribution >= 0.6 is 15.9 Å². The summed E-state index contributed by atoms with van der Waals surface area (Å²) >= 11 is 3.40. The average molecular weight is 630 g/mol. The number of nitrogens with one attached hydrogen (secondary N) is 1. The smallest absolute Gasteiger partial charge is 0.354 e. The number of halogens is 1. The summed E-state index contributed by atoms with van der Waals surface area (Å²) in [6, 6.07) is 19.9. The van der Waals surface area contributed by atoms with Crippen molar-refractivity contribution < 1.29 is 19.1 Å². The fourth-order valence-corrected chi connectivity index (χ4v) is 4.08. The fraction of sp³-hybridized carbons (Fsp3) is 0.312. The van der Waals surface area contributed by atoms with Gasteiger partial charge in [-0.25, -0.2) is 9.59 Å². The number of nitrogens with zero attached hydrogens (tertiary/aromatic N) is 2. The number of rotatable bonds is 6. The summed E-state index contributed by atoms with van der Waals surface area (Å²) in [6.45, 7) is 4.28. The van der Waals surface area contributed by atoms with Gasteiger partial charge in [0.15, 0.2) is 0 Å². The molecule has 0 saturated carbocycles. The molecule has 2 aromatic heterocycles. The molecular weight excluding hydrogens is 584 g/mol. The maximum atomic E-state index is 11.5. The lowest BCUT2D eigenvalue weighted by atomic mass is 10.1. The van der Waals surface area contributed by atoms with Gasteiger partial charge in [-0.2, -0.15) is 0 Å². The zero-order valence-electron chi connectivity index (χ0n) is 23.3. The van der Waals surface area contributed by atoms with Crippen molar-refractivity contribution >= 4 is 44.9 Å². The van der Waals surface area contributed by atoms with Gasteiger partial charge in [-0.1, -0.05) is 68.9 Å². The summed E-state index contributed by atoms with van der Waals surface area (Å²) in [6.07, 6.45) is 5.63. The zero-order chi connectivity index (χ0) is 28.9. The van der Waals surface area contributed by atoms with Crippen LogP contribution in [0.1, 0.15) is 60.8 Å². The standard InChI is InChI=1S/C15H18N2O2.C8H9Br.C7H10N2O2.2CH4/c1-4-11-6-5-7-12(8-11)16-13-9-14(15(18)19-3)17(2)10-13;1-2-7-4-3-5-8(9)6-7;1-9-4-5(8)3-6(9)7(10)11-2;;/h5-10,16H,4H2,1-3H3;3-6H,2H2,1H3;3-4H,8H2,1-2H3;2*1H4. The minimum Gasteiger partial charge on any atom is -0.464 e. The summed E-state index contributed by atoms with van der Waals surface area (Å²) in [5.74, 6) is -0.706. The second-order valence-electron chi connectivity index (χ2n) is 8.64. The van der Waals surface area contributed by atoms with Crippen LogP contribution < -0.4 is 11.1 Å². The molecule has 0 saturated heterocycles. The highest BCUT2D eigenvalue weighted by molar-refractivity contribution is 9.10. The number of nitrogens with two attached hydrogens (primary N) is 1. The minimum atomic E-state index is -0.371. The number of nitrogen functional groups attached to an aromatic ring is 1. The number of methoxy groups -OCH3 is 2. The van der Waals surface area contributed by atoms with E-state index in [-0.39, 0.29) is 26.8 Å². The normalized spacial score (nSPS) is 9.44. The van der Waals surface area contributed by atoms with Gasteiger partial charge in [0.2, 0.25) is 0 Å². The number of ether oxygens (including phenoxy) is 2. The van der Waals surface area contributed by atoms with E-state index in [9.17, 15) is 9.59 Å². The van der Waals surface area contributed by atoms with E-state index in [1.54, 1.807) is 34.5 Å². The van der Waals surface area contributed by atoms with E-state index in [0.717, 1.165) is 24.2 Å². The summed E-state index contributed by atoms with van der Waals surface area (Å²) in [5, 5.41) is 3.29. The largest absolute Gasteiger partial charge is 0.464 e. The first kappa shape index (κ1) is 37.0. The molecule has 0 unspecified atom stereocenters. The van der Waals surface area contributed by atoms with Crippen LogP contribution in [0.25, 0.3) is 0 Å². The number of aryl methyl sites for hydroxylation is 4. The molecule has 224 valence electrons. The third-order valence-corrected chi connectivity index (χ3v) is 6.23. The molecule has 2 aromatic carbocycles. The first-order valence-corrected chi connectivity index (χ1v) is 13.3. The van der Waals surface area contributed by atoms with Gasteiger partial charge in [-0.05, 0) is 60.4 Å². The van der Waals surface area contributed by atoms with Crippen LogP contribution in [0.2, 0.25) is 0 Å². The summed E-state index contributed by atoms with van der Waals surface area (Å²) in [7, 11) is 6.28. The monoisotopic (exact) mass is 628 g/mol. The Kier molecular flexibility index (Phi) is 16.6. The molecule has 0 amide bonds. The molecule has 4 aromatic rings. The first-order chi connectivity index (χ1) is 18.6.